The summed E-state index contributed by atoms with van der Waals surface area (Å²) in [7, 11) is 0. The van der Waals surface area contributed by atoms with Gasteiger partial charge in [-0.1, -0.05) is 18.2 Å². The highest BCUT2D eigenvalue weighted by Gasteiger charge is 2.34. The molecule has 0 spiro atoms. The van der Waals surface area contributed by atoms with Crippen molar-refractivity contribution in [1.29, 1.82) is 0 Å². The van der Waals surface area contributed by atoms with Gasteiger partial charge in [0, 0.05) is 40.6 Å². The number of hydrogen-bond acceptors (Lipinski definition) is 2. The van der Waals surface area contributed by atoms with E-state index in [1.54, 1.807) is 16.0 Å². The fourth-order valence-corrected chi connectivity index (χ4v) is 4.95. The van der Waals surface area contributed by atoms with E-state index in [0.29, 0.717) is 6.04 Å². The van der Waals surface area contributed by atoms with Crippen LogP contribution in [0.4, 0.5) is 0 Å². The minimum Gasteiger partial charge on any atom is -0.357 e. The predicted octanol–water partition coefficient (Wildman–Crippen LogP) is 3.88. The molecule has 3 heteroatoms. The molecule has 0 bridgehead atoms. The molecule has 0 saturated carbocycles. The Hall–Kier alpha value is -1.58. The lowest BCUT2D eigenvalue weighted by atomic mass is 9.91. The minimum atomic E-state index is 0.602. The number of hydrogen-bond donors (Lipinski definition) is 1. The Morgan fingerprint density at radius 3 is 3.15 bits per heavy atom. The van der Waals surface area contributed by atoms with Crippen molar-refractivity contribution in [3.63, 3.8) is 0 Å². The average molecular weight is 280 g/mol. The highest BCUT2D eigenvalue weighted by atomic mass is 32.1. The molecule has 2 aromatic heterocycles. The molecule has 20 heavy (non-hydrogen) atoms. The van der Waals surface area contributed by atoms with Crippen molar-refractivity contribution >= 4 is 22.2 Å². The molecule has 100 valence electrons. The normalized spacial score (nSPS) is 21.5. The Labute approximate surface area is 122 Å². The van der Waals surface area contributed by atoms with Crippen LogP contribution in [0.1, 0.15) is 27.7 Å². The highest BCUT2D eigenvalue weighted by Crippen LogP contribution is 2.42. The summed E-state index contributed by atoms with van der Waals surface area (Å²) in [5.41, 5.74) is 5.86. The standard InChI is InChI=1S/C17H16N2S/c1-2-4-14-12(3-1)13-9-16-17-11(6-8-20-17)5-7-19(16)10-15(13)18-14/h1-4,6,8,16,18H,5,7,9-10H2/t16-/m0/s1. The van der Waals surface area contributed by atoms with Crippen LogP contribution in [-0.2, 0) is 19.4 Å². The maximum atomic E-state index is 3.63. The van der Waals surface area contributed by atoms with Crippen molar-refractivity contribution in [1.82, 2.24) is 9.88 Å². The van der Waals surface area contributed by atoms with Crippen LogP contribution in [0.25, 0.3) is 10.9 Å². The number of H-pyrrole nitrogens is 1. The van der Waals surface area contributed by atoms with E-state index in [4.69, 9.17) is 0 Å². The largest absolute Gasteiger partial charge is 0.357 e. The second-order valence-electron chi connectivity index (χ2n) is 5.88. The molecule has 1 N–H and O–H groups in total. The van der Waals surface area contributed by atoms with Crippen LogP contribution in [0.3, 0.4) is 0 Å². The SMILES string of the molecule is c1ccc2c3c([nH]c2c1)CN1CCc2ccsc2[C@@H]1C3. The third-order valence-electron chi connectivity index (χ3n) is 4.85. The first-order chi connectivity index (χ1) is 9.90. The predicted molar refractivity (Wildman–Crippen MR) is 83.2 cm³/mol. The van der Waals surface area contributed by atoms with E-state index in [9.17, 15) is 0 Å². The van der Waals surface area contributed by atoms with Crippen LogP contribution in [0.5, 0.6) is 0 Å². The Kier molecular flexibility index (Phi) is 2.20. The van der Waals surface area contributed by atoms with E-state index in [-0.39, 0.29) is 0 Å². The molecule has 1 aromatic carbocycles. The van der Waals surface area contributed by atoms with Gasteiger partial charge < -0.3 is 4.98 Å². The summed E-state index contributed by atoms with van der Waals surface area (Å²) in [6.07, 6.45) is 2.37. The molecule has 0 unspecified atom stereocenters. The number of rotatable bonds is 0. The van der Waals surface area contributed by atoms with E-state index in [1.807, 2.05) is 11.3 Å². The van der Waals surface area contributed by atoms with Crippen molar-refractivity contribution < 1.29 is 0 Å². The minimum absolute atomic E-state index is 0.602. The average Bonchev–Trinajstić information content (AvgIpc) is 3.09. The van der Waals surface area contributed by atoms with Gasteiger partial charge >= 0.3 is 0 Å². The van der Waals surface area contributed by atoms with Crippen LogP contribution in [0.15, 0.2) is 35.7 Å². The van der Waals surface area contributed by atoms with Gasteiger partial charge in [0.2, 0.25) is 0 Å². The third kappa shape index (κ3) is 1.42. The summed E-state index contributed by atoms with van der Waals surface area (Å²) < 4.78 is 0. The summed E-state index contributed by atoms with van der Waals surface area (Å²) in [5.74, 6) is 0. The van der Waals surface area contributed by atoms with Crippen LogP contribution in [0, 0.1) is 0 Å². The van der Waals surface area contributed by atoms with Gasteiger partial charge in [0.1, 0.15) is 0 Å². The lowest BCUT2D eigenvalue weighted by Crippen LogP contribution is -2.38. The zero-order valence-corrected chi connectivity index (χ0v) is 12.0. The first kappa shape index (κ1) is 11.1. The van der Waals surface area contributed by atoms with Crippen molar-refractivity contribution in [2.24, 2.45) is 0 Å². The molecule has 0 radical (unpaired) electrons. The molecule has 2 aliphatic heterocycles. The van der Waals surface area contributed by atoms with Gasteiger partial charge in [-0.15, -0.1) is 11.3 Å². The van der Waals surface area contributed by atoms with Gasteiger partial charge in [0.25, 0.3) is 0 Å². The number of aromatic nitrogens is 1. The molecule has 0 aliphatic carbocycles. The van der Waals surface area contributed by atoms with Crippen LogP contribution in [0.2, 0.25) is 0 Å². The monoisotopic (exact) mass is 280 g/mol. The number of para-hydroxylation sites is 1. The summed E-state index contributed by atoms with van der Waals surface area (Å²) >= 11 is 1.94. The maximum Gasteiger partial charge on any atom is 0.0489 e. The molecular weight excluding hydrogens is 264 g/mol. The van der Waals surface area contributed by atoms with Gasteiger partial charge in [-0.25, -0.2) is 0 Å². The first-order valence-corrected chi connectivity index (χ1v) is 8.17. The number of aromatic amines is 1. The number of nitrogens with one attached hydrogen (secondary N) is 1. The van der Waals surface area contributed by atoms with E-state index in [2.05, 4.69) is 45.6 Å². The lowest BCUT2D eigenvalue weighted by Gasteiger charge is -2.39. The molecule has 5 rings (SSSR count). The molecule has 2 nitrogen and oxygen atoms in total. The van der Waals surface area contributed by atoms with E-state index < -0.39 is 0 Å². The molecule has 0 amide bonds. The maximum absolute atomic E-state index is 3.63. The second kappa shape index (κ2) is 3.96. The van der Waals surface area contributed by atoms with Gasteiger partial charge in [-0.05, 0) is 41.5 Å². The fraction of sp³-hybridized carbons (Fsp3) is 0.294. The van der Waals surface area contributed by atoms with E-state index >= 15 is 0 Å². The zero-order valence-electron chi connectivity index (χ0n) is 11.2. The first-order valence-electron chi connectivity index (χ1n) is 7.29. The van der Waals surface area contributed by atoms with Gasteiger partial charge in [-0.3, -0.25) is 4.90 Å². The summed E-state index contributed by atoms with van der Waals surface area (Å²) in [5, 5.41) is 3.68. The molecule has 1 atom stereocenters. The lowest BCUT2D eigenvalue weighted by molar-refractivity contribution is 0.163. The highest BCUT2D eigenvalue weighted by molar-refractivity contribution is 7.10. The number of thiophene rings is 1. The van der Waals surface area contributed by atoms with Crippen molar-refractivity contribution in [3.05, 3.63) is 57.4 Å². The zero-order chi connectivity index (χ0) is 13.1. The Balaban J connectivity index is 1.68. The number of nitrogens with zero attached hydrogens (tertiary/aromatic N) is 1. The summed E-state index contributed by atoms with van der Waals surface area (Å²) in [6.45, 7) is 2.27. The van der Waals surface area contributed by atoms with Crippen molar-refractivity contribution in [2.45, 2.75) is 25.4 Å². The van der Waals surface area contributed by atoms with Gasteiger partial charge in [0.05, 0.1) is 0 Å². The van der Waals surface area contributed by atoms with Crippen molar-refractivity contribution in [2.75, 3.05) is 6.54 Å². The molecule has 2 aliphatic rings. The molecular formula is C17H16N2S. The summed E-state index contributed by atoms with van der Waals surface area (Å²) in [6, 6.07) is 11.7. The number of benzene rings is 1. The van der Waals surface area contributed by atoms with Crippen LogP contribution in [-0.4, -0.2) is 16.4 Å². The Morgan fingerprint density at radius 2 is 2.15 bits per heavy atom. The fourth-order valence-electron chi connectivity index (χ4n) is 3.86. The van der Waals surface area contributed by atoms with E-state index in [1.165, 1.54) is 29.6 Å². The molecule has 4 heterocycles. The third-order valence-corrected chi connectivity index (χ3v) is 5.91. The molecule has 0 fully saturated rings. The molecule has 3 aromatic rings. The smallest absolute Gasteiger partial charge is 0.0489 e. The number of fused-ring (bicyclic) bond motifs is 6. The van der Waals surface area contributed by atoms with Gasteiger partial charge in [-0.2, -0.15) is 0 Å². The van der Waals surface area contributed by atoms with Gasteiger partial charge in [0.15, 0.2) is 0 Å². The Bertz CT molecular complexity index is 798. The van der Waals surface area contributed by atoms with Crippen LogP contribution < -0.4 is 0 Å². The topological polar surface area (TPSA) is 19.0 Å². The summed E-state index contributed by atoms with van der Waals surface area (Å²) in [4.78, 5) is 7.88. The Morgan fingerprint density at radius 1 is 1.20 bits per heavy atom. The van der Waals surface area contributed by atoms with Crippen molar-refractivity contribution in [3.8, 4) is 0 Å². The molecule has 0 saturated heterocycles. The second-order valence-corrected chi connectivity index (χ2v) is 6.83. The van der Waals surface area contributed by atoms with E-state index in [0.717, 1.165) is 13.0 Å². The quantitative estimate of drug-likeness (QED) is 0.662. The van der Waals surface area contributed by atoms with Crippen LogP contribution >= 0.6 is 11.3 Å².